The van der Waals surface area contributed by atoms with E-state index < -0.39 is 0 Å². The van der Waals surface area contributed by atoms with Gasteiger partial charge >= 0.3 is 0 Å². The van der Waals surface area contributed by atoms with E-state index >= 15 is 0 Å². The number of ether oxygens (including phenoxy) is 1. The summed E-state index contributed by atoms with van der Waals surface area (Å²) in [6.45, 7) is 11.4. The van der Waals surface area contributed by atoms with Crippen molar-refractivity contribution in [2.24, 2.45) is 5.92 Å². The second kappa shape index (κ2) is 10.7. The standard InChI is InChI=1S/C26H36N3O2P/c1-4-19(2)10-15-31-23-8-6-21(16-20(23)3)24-17-25(30)29-18-22(7-9-26(29)32-24)28-13-5-11-27-12-14-28/h6-9,16-19,26-27,32H,4-5,10-15H2,1-3H3. The molecule has 1 saturated heterocycles. The van der Waals surface area contributed by atoms with E-state index in [0.717, 1.165) is 73.5 Å². The third-order valence-corrected chi connectivity index (χ3v) is 8.11. The zero-order chi connectivity index (χ0) is 22.5. The maximum atomic E-state index is 13.0. The van der Waals surface area contributed by atoms with Crippen molar-refractivity contribution >= 4 is 19.8 Å². The van der Waals surface area contributed by atoms with Gasteiger partial charge in [-0.3, -0.25) is 4.79 Å². The molecule has 3 unspecified atom stereocenters. The average molecular weight is 454 g/mol. The Bertz CT molecular complexity index is 916. The molecule has 1 amide bonds. The van der Waals surface area contributed by atoms with Crippen LogP contribution in [0.1, 0.15) is 44.2 Å². The Kier molecular flexibility index (Phi) is 7.70. The fraction of sp³-hybridized carbons (Fsp3) is 0.500. The van der Waals surface area contributed by atoms with E-state index in [0.29, 0.717) is 14.5 Å². The van der Waals surface area contributed by atoms with E-state index in [1.165, 1.54) is 6.42 Å². The molecule has 172 valence electrons. The smallest absolute Gasteiger partial charge is 0.252 e. The number of aryl methyl sites for hydroxylation is 1. The molecule has 1 fully saturated rings. The first kappa shape index (κ1) is 23.1. The van der Waals surface area contributed by atoms with Crippen LogP contribution in [0.15, 0.2) is 48.3 Å². The fourth-order valence-electron chi connectivity index (χ4n) is 4.28. The van der Waals surface area contributed by atoms with Gasteiger partial charge in [-0.15, -0.1) is 0 Å². The molecule has 0 saturated carbocycles. The maximum Gasteiger partial charge on any atom is 0.252 e. The first-order chi connectivity index (χ1) is 15.5. The van der Waals surface area contributed by atoms with Gasteiger partial charge < -0.3 is 19.9 Å². The van der Waals surface area contributed by atoms with Gasteiger partial charge in [-0.1, -0.05) is 41.0 Å². The number of nitrogens with zero attached hydrogens (tertiary/aromatic N) is 2. The van der Waals surface area contributed by atoms with Crippen molar-refractivity contribution < 1.29 is 9.53 Å². The molecule has 5 nitrogen and oxygen atoms in total. The van der Waals surface area contributed by atoms with Gasteiger partial charge in [0.15, 0.2) is 0 Å². The molecule has 3 heterocycles. The second-order valence-electron chi connectivity index (χ2n) is 9.03. The van der Waals surface area contributed by atoms with E-state index in [4.69, 9.17) is 4.74 Å². The van der Waals surface area contributed by atoms with Crippen molar-refractivity contribution in [1.29, 1.82) is 0 Å². The number of nitrogens with one attached hydrogen (secondary N) is 1. The minimum atomic E-state index is 0.0741. The van der Waals surface area contributed by atoms with Gasteiger partial charge in [-0.05, 0) is 66.9 Å². The highest BCUT2D eigenvalue weighted by molar-refractivity contribution is 7.51. The Morgan fingerprint density at radius 3 is 2.97 bits per heavy atom. The number of hydrogen-bond donors (Lipinski definition) is 1. The molecule has 6 heteroatoms. The van der Waals surface area contributed by atoms with Gasteiger partial charge in [0.05, 0.1) is 18.1 Å². The summed E-state index contributed by atoms with van der Waals surface area (Å²) in [6, 6.07) is 6.33. The van der Waals surface area contributed by atoms with Crippen LogP contribution in [-0.4, -0.2) is 54.3 Å². The van der Waals surface area contributed by atoms with Crippen molar-refractivity contribution in [2.45, 2.75) is 45.8 Å². The number of carbonyl (C=O) groups excluding carboxylic acids is 1. The number of allylic oxidation sites excluding steroid dienone is 1. The maximum absolute atomic E-state index is 13.0. The lowest BCUT2D eigenvalue weighted by Crippen LogP contribution is -2.38. The van der Waals surface area contributed by atoms with Crippen molar-refractivity contribution in [3.05, 3.63) is 59.5 Å². The number of fused-ring (bicyclic) bond motifs is 1. The van der Waals surface area contributed by atoms with E-state index in [9.17, 15) is 4.79 Å². The summed E-state index contributed by atoms with van der Waals surface area (Å²) >= 11 is 0. The normalized spacial score (nSPS) is 22.8. The van der Waals surface area contributed by atoms with E-state index in [2.05, 4.69) is 67.5 Å². The van der Waals surface area contributed by atoms with Gasteiger partial charge in [0, 0.05) is 31.9 Å². The Labute approximate surface area is 194 Å². The van der Waals surface area contributed by atoms with Gasteiger partial charge in [-0.2, -0.15) is 0 Å². The van der Waals surface area contributed by atoms with Crippen LogP contribution in [0.4, 0.5) is 0 Å². The van der Waals surface area contributed by atoms with Gasteiger partial charge in [0.2, 0.25) is 0 Å². The Morgan fingerprint density at radius 1 is 1.28 bits per heavy atom. The molecule has 0 radical (unpaired) electrons. The summed E-state index contributed by atoms with van der Waals surface area (Å²) in [5.74, 6) is 1.82. The third-order valence-electron chi connectivity index (χ3n) is 6.60. The Morgan fingerprint density at radius 2 is 2.16 bits per heavy atom. The second-order valence-corrected chi connectivity index (χ2v) is 10.4. The lowest BCUT2D eigenvalue weighted by Gasteiger charge is -2.36. The highest BCUT2D eigenvalue weighted by atomic mass is 31.1. The molecular weight excluding hydrogens is 417 g/mol. The number of rotatable bonds is 7. The van der Waals surface area contributed by atoms with Crippen LogP contribution in [0.3, 0.4) is 0 Å². The van der Waals surface area contributed by atoms with Gasteiger partial charge in [-0.25, -0.2) is 0 Å². The summed E-state index contributed by atoms with van der Waals surface area (Å²) in [6.07, 6.45) is 11.7. The number of hydrogen-bond acceptors (Lipinski definition) is 4. The van der Waals surface area contributed by atoms with Crippen LogP contribution in [0.2, 0.25) is 0 Å². The Hall–Kier alpha value is -2.10. The molecular formula is C26H36N3O2P. The third kappa shape index (κ3) is 5.44. The SMILES string of the molecule is CCC(C)CCOc1ccc(C2=CC(=O)N3C=C(N4CCCNCC4)C=CC3P2)cc1C. The van der Waals surface area contributed by atoms with Crippen LogP contribution in [0.25, 0.3) is 5.31 Å². The molecule has 0 spiro atoms. The average Bonchev–Trinajstić information content (AvgIpc) is 3.09. The van der Waals surface area contributed by atoms with Crippen LogP contribution < -0.4 is 10.1 Å². The first-order valence-electron chi connectivity index (χ1n) is 11.9. The molecule has 3 aliphatic rings. The largest absolute Gasteiger partial charge is 0.493 e. The van der Waals surface area contributed by atoms with Crippen LogP contribution in [0.5, 0.6) is 5.75 Å². The number of benzene rings is 1. The summed E-state index contributed by atoms with van der Waals surface area (Å²) in [5, 5.41) is 4.57. The minimum Gasteiger partial charge on any atom is -0.493 e. The van der Waals surface area contributed by atoms with E-state index in [1.807, 2.05) is 11.0 Å². The molecule has 3 aliphatic heterocycles. The van der Waals surface area contributed by atoms with Crippen molar-refractivity contribution in [2.75, 3.05) is 32.8 Å². The van der Waals surface area contributed by atoms with Crippen molar-refractivity contribution in [1.82, 2.24) is 15.1 Å². The predicted molar refractivity (Wildman–Crippen MR) is 134 cm³/mol. The molecule has 1 N–H and O–H groups in total. The monoisotopic (exact) mass is 453 g/mol. The molecule has 0 aliphatic carbocycles. The molecule has 0 bridgehead atoms. The highest BCUT2D eigenvalue weighted by Gasteiger charge is 2.29. The lowest BCUT2D eigenvalue weighted by atomic mass is 10.1. The fourth-order valence-corrected chi connectivity index (χ4v) is 5.66. The van der Waals surface area contributed by atoms with Crippen molar-refractivity contribution in [3.63, 3.8) is 0 Å². The lowest BCUT2D eigenvalue weighted by molar-refractivity contribution is -0.123. The summed E-state index contributed by atoms with van der Waals surface area (Å²) < 4.78 is 6.02. The summed E-state index contributed by atoms with van der Waals surface area (Å²) in [7, 11) is 0.537. The zero-order valence-electron chi connectivity index (χ0n) is 19.6. The van der Waals surface area contributed by atoms with Crippen LogP contribution in [-0.2, 0) is 4.79 Å². The van der Waals surface area contributed by atoms with E-state index in [1.54, 1.807) is 0 Å². The predicted octanol–water partition coefficient (Wildman–Crippen LogP) is 4.70. The zero-order valence-corrected chi connectivity index (χ0v) is 20.6. The van der Waals surface area contributed by atoms with Gasteiger partial charge in [0.25, 0.3) is 5.91 Å². The summed E-state index contributed by atoms with van der Waals surface area (Å²) in [5.41, 5.74) is 3.41. The van der Waals surface area contributed by atoms with E-state index in [-0.39, 0.29) is 11.7 Å². The molecule has 1 aromatic rings. The highest BCUT2D eigenvalue weighted by Crippen LogP contribution is 2.45. The first-order valence-corrected chi connectivity index (χ1v) is 13.0. The quantitative estimate of drug-likeness (QED) is 0.608. The van der Waals surface area contributed by atoms with Crippen LogP contribution >= 0.6 is 8.58 Å². The molecule has 32 heavy (non-hydrogen) atoms. The number of carbonyl (C=O) groups is 1. The molecule has 0 aromatic heterocycles. The van der Waals surface area contributed by atoms with Crippen molar-refractivity contribution in [3.8, 4) is 5.75 Å². The minimum absolute atomic E-state index is 0.0741. The Balaban J connectivity index is 1.44. The number of amides is 1. The summed E-state index contributed by atoms with van der Waals surface area (Å²) in [4.78, 5) is 17.3. The van der Waals surface area contributed by atoms with Crippen LogP contribution in [0, 0.1) is 12.8 Å². The van der Waals surface area contributed by atoms with Gasteiger partial charge in [0.1, 0.15) is 5.75 Å². The topological polar surface area (TPSA) is 44.8 Å². The molecule has 3 atom stereocenters. The molecule has 1 aromatic carbocycles. The molecule has 4 rings (SSSR count).